The molecule has 1 aliphatic rings. The lowest BCUT2D eigenvalue weighted by atomic mass is 10.0. The molecule has 0 radical (unpaired) electrons. The molecule has 0 fully saturated rings. The van der Waals surface area contributed by atoms with Gasteiger partial charge < -0.3 is 14.7 Å². The van der Waals surface area contributed by atoms with Crippen LogP contribution in [0.2, 0.25) is 0 Å². The van der Waals surface area contributed by atoms with Gasteiger partial charge in [0.05, 0.1) is 12.7 Å². The van der Waals surface area contributed by atoms with Gasteiger partial charge in [-0.05, 0) is 61.2 Å². The average Bonchev–Trinajstić information content (AvgIpc) is 3.02. The van der Waals surface area contributed by atoms with E-state index in [2.05, 4.69) is 6.07 Å². The van der Waals surface area contributed by atoms with Crippen LogP contribution >= 0.6 is 0 Å². The third-order valence-corrected chi connectivity index (χ3v) is 4.38. The van der Waals surface area contributed by atoms with Crippen LogP contribution in [0, 0.1) is 0 Å². The van der Waals surface area contributed by atoms with Crippen molar-refractivity contribution < 1.29 is 19.4 Å². The number of benzene rings is 2. The van der Waals surface area contributed by atoms with Gasteiger partial charge >= 0.3 is 5.97 Å². The molecule has 5 nitrogen and oxygen atoms in total. The van der Waals surface area contributed by atoms with Crippen LogP contribution in [0.4, 0.5) is 5.69 Å². The number of rotatable bonds is 3. The van der Waals surface area contributed by atoms with Gasteiger partial charge in [0.25, 0.3) is 5.91 Å². The van der Waals surface area contributed by atoms with E-state index in [4.69, 9.17) is 4.74 Å². The third kappa shape index (κ3) is 3.28. The van der Waals surface area contributed by atoms with Gasteiger partial charge in [-0.25, -0.2) is 4.79 Å². The summed E-state index contributed by atoms with van der Waals surface area (Å²) in [4.78, 5) is 25.5. The quantitative estimate of drug-likeness (QED) is 0.873. The maximum absolute atomic E-state index is 12.3. The zero-order chi connectivity index (χ0) is 18.2. The van der Waals surface area contributed by atoms with Crippen molar-refractivity contribution in [2.75, 3.05) is 18.6 Å². The zero-order valence-corrected chi connectivity index (χ0v) is 14.6. The van der Waals surface area contributed by atoms with Crippen LogP contribution in [-0.4, -0.2) is 36.2 Å². The summed E-state index contributed by atoms with van der Waals surface area (Å²) in [7, 11) is 1.36. The van der Waals surface area contributed by atoms with Gasteiger partial charge in [-0.15, -0.1) is 0 Å². The van der Waals surface area contributed by atoms with Gasteiger partial charge in [0.2, 0.25) is 0 Å². The van der Waals surface area contributed by atoms with Gasteiger partial charge in [0.1, 0.15) is 5.60 Å². The molecule has 0 aromatic heterocycles. The molecular weight excluding hydrogens is 318 g/mol. The number of carbonyl (C=O) groups excluding carboxylic acids is 2. The van der Waals surface area contributed by atoms with Crippen molar-refractivity contribution >= 4 is 17.6 Å². The molecule has 0 saturated carbocycles. The summed E-state index contributed by atoms with van der Waals surface area (Å²) in [6, 6.07) is 13.1. The Kier molecular flexibility index (Phi) is 4.35. The molecule has 0 bridgehead atoms. The summed E-state index contributed by atoms with van der Waals surface area (Å²) in [5, 5.41) is 9.97. The van der Waals surface area contributed by atoms with Gasteiger partial charge in [0, 0.05) is 12.2 Å². The number of hydrogen-bond donors (Lipinski definition) is 1. The minimum atomic E-state index is -1.38. The van der Waals surface area contributed by atoms with Crippen molar-refractivity contribution in [2.45, 2.75) is 25.9 Å². The molecule has 1 N–H and O–H groups in total. The Labute approximate surface area is 146 Å². The minimum absolute atomic E-state index is 0.290. The molecule has 1 heterocycles. The SMILES string of the molecule is COC(=O)c1ccc(-c2ccc3c(c2)CCN3C(=O)C(C)(C)O)cc1. The van der Waals surface area contributed by atoms with E-state index in [1.54, 1.807) is 17.0 Å². The lowest BCUT2D eigenvalue weighted by Crippen LogP contribution is -2.44. The molecule has 5 heteroatoms. The Hall–Kier alpha value is -2.66. The van der Waals surface area contributed by atoms with Gasteiger partial charge in [-0.3, -0.25) is 4.79 Å². The predicted octanol–water partition coefficient (Wildman–Crippen LogP) is 2.80. The highest BCUT2D eigenvalue weighted by molar-refractivity contribution is 6.00. The van der Waals surface area contributed by atoms with E-state index in [0.717, 1.165) is 28.8 Å². The second-order valence-electron chi connectivity index (χ2n) is 6.68. The first-order chi connectivity index (χ1) is 11.8. The highest BCUT2D eigenvalue weighted by atomic mass is 16.5. The normalized spacial score (nSPS) is 13.5. The van der Waals surface area contributed by atoms with Crippen LogP contribution < -0.4 is 4.90 Å². The first kappa shape index (κ1) is 17.2. The number of esters is 1. The summed E-state index contributed by atoms with van der Waals surface area (Å²) in [6.07, 6.45) is 0.755. The average molecular weight is 339 g/mol. The van der Waals surface area contributed by atoms with E-state index in [0.29, 0.717) is 12.1 Å². The van der Waals surface area contributed by atoms with Crippen LogP contribution in [-0.2, 0) is 16.0 Å². The van der Waals surface area contributed by atoms with E-state index in [1.165, 1.54) is 21.0 Å². The van der Waals surface area contributed by atoms with Gasteiger partial charge in [-0.1, -0.05) is 18.2 Å². The van der Waals surface area contributed by atoms with Gasteiger partial charge in [0.15, 0.2) is 0 Å². The van der Waals surface area contributed by atoms with E-state index in [1.807, 2.05) is 24.3 Å². The van der Waals surface area contributed by atoms with Crippen LogP contribution in [0.25, 0.3) is 11.1 Å². The van der Waals surface area contributed by atoms with E-state index in [9.17, 15) is 14.7 Å². The van der Waals surface area contributed by atoms with Crippen molar-refractivity contribution in [2.24, 2.45) is 0 Å². The Morgan fingerprint density at radius 2 is 1.72 bits per heavy atom. The fraction of sp³-hybridized carbons (Fsp3) is 0.300. The van der Waals surface area contributed by atoms with E-state index >= 15 is 0 Å². The summed E-state index contributed by atoms with van der Waals surface area (Å²) in [5.41, 5.74) is 3.06. The number of carbonyl (C=O) groups is 2. The topological polar surface area (TPSA) is 66.8 Å². The molecule has 0 saturated heterocycles. The van der Waals surface area contributed by atoms with Crippen molar-refractivity contribution in [3.8, 4) is 11.1 Å². The second kappa shape index (κ2) is 6.33. The number of fused-ring (bicyclic) bond motifs is 1. The second-order valence-corrected chi connectivity index (χ2v) is 6.68. The maximum Gasteiger partial charge on any atom is 0.337 e. The standard InChI is InChI=1S/C20H21NO4/c1-20(2,24)19(23)21-11-10-16-12-15(8-9-17(16)21)13-4-6-14(7-5-13)18(22)25-3/h4-9,12,24H,10-11H2,1-3H3. The van der Waals surface area contributed by atoms with Crippen LogP contribution in [0.5, 0.6) is 0 Å². The molecule has 2 aromatic rings. The Morgan fingerprint density at radius 3 is 2.32 bits per heavy atom. The summed E-state index contributed by atoms with van der Waals surface area (Å²) in [6.45, 7) is 3.58. The zero-order valence-electron chi connectivity index (χ0n) is 14.6. The smallest absolute Gasteiger partial charge is 0.337 e. The monoisotopic (exact) mass is 339 g/mol. The summed E-state index contributed by atoms with van der Waals surface area (Å²) < 4.78 is 4.71. The van der Waals surface area contributed by atoms with Crippen molar-refractivity contribution in [1.29, 1.82) is 0 Å². The largest absolute Gasteiger partial charge is 0.465 e. The fourth-order valence-electron chi connectivity index (χ4n) is 3.04. The van der Waals surface area contributed by atoms with Crippen LogP contribution in [0.15, 0.2) is 42.5 Å². The molecular formula is C20H21NO4. The summed E-state index contributed by atoms with van der Waals surface area (Å²) >= 11 is 0. The number of aliphatic hydroxyl groups is 1. The molecule has 2 aromatic carbocycles. The molecule has 0 atom stereocenters. The molecule has 0 unspecified atom stereocenters. The number of nitrogens with zero attached hydrogens (tertiary/aromatic N) is 1. The number of methoxy groups -OCH3 is 1. The lowest BCUT2D eigenvalue weighted by Gasteiger charge is -2.25. The van der Waals surface area contributed by atoms with Crippen molar-refractivity contribution in [1.82, 2.24) is 0 Å². The van der Waals surface area contributed by atoms with E-state index < -0.39 is 5.60 Å². The first-order valence-corrected chi connectivity index (χ1v) is 8.17. The highest BCUT2D eigenvalue weighted by Gasteiger charge is 2.33. The fourth-order valence-corrected chi connectivity index (χ4v) is 3.04. The lowest BCUT2D eigenvalue weighted by molar-refractivity contribution is -0.133. The number of amides is 1. The summed E-state index contributed by atoms with van der Waals surface area (Å²) in [5.74, 6) is -0.650. The molecule has 3 rings (SSSR count). The molecule has 130 valence electrons. The van der Waals surface area contributed by atoms with Crippen LogP contribution in [0.1, 0.15) is 29.8 Å². The van der Waals surface area contributed by atoms with Gasteiger partial charge in [-0.2, -0.15) is 0 Å². The molecule has 1 aliphatic heterocycles. The minimum Gasteiger partial charge on any atom is -0.465 e. The number of anilines is 1. The Bertz CT molecular complexity index is 819. The third-order valence-electron chi connectivity index (χ3n) is 4.38. The first-order valence-electron chi connectivity index (χ1n) is 8.17. The Balaban J connectivity index is 1.88. The molecule has 0 spiro atoms. The molecule has 25 heavy (non-hydrogen) atoms. The van der Waals surface area contributed by atoms with Crippen LogP contribution in [0.3, 0.4) is 0 Å². The molecule has 1 amide bonds. The maximum atomic E-state index is 12.3. The highest BCUT2D eigenvalue weighted by Crippen LogP contribution is 2.33. The molecule has 0 aliphatic carbocycles. The predicted molar refractivity (Wildman–Crippen MR) is 95.6 cm³/mol. The van der Waals surface area contributed by atoms with Crippen molar-refractivity contribution in [3.05, 3.63) is 53.6 Å². The number of hydrogen-bond acceptors (Lipinski definition) is 4. The van der Waals surface area contributed by atoms with Crippen molar-refractivity contribution in [3.63, 3.8) is 0 Å². The Morgan fingerprint density at radius 1 is 1.08 bits per heavy atom. The van der Waals surface area contributed by atoms with E-state index in [-0.39, 0.29) is 11.9 Å². The number of ether oxygens (including phenoxy) is 1.